The molecule has 0 radical (unpaired) electrons. The summed E-state index contributed by atoms with van der Waals surface area (Å²) in [6.45, 7) is 4.07. The van der Waals surface area contributed by atoms with Crippen molar-refractivity contribution >= 4 is 17.7 Å². The highest BCUT2D eigenvalue weighted by atomic mass is 32.2. The van der Waals surface area contributed by atoms with E-state index in [1.54, 1.807) is 18.9 Å². The molecule has 0 saturated carbocycles. The number of hydrogen-bond acceptors (Lipinski definition) is 5. The molecule has 6 nitrogen and oxygen atoms in total. The first-order valence-electron chi connectivity index (χ1n) is 7.52. The number of rotatable bonds is 3. The molecule has 1 fully saturated rings. The molecular weight excluding hydrogens is 288 g/mol. The molecule has 21 heavy (non-hydrogen) atoms. The second-order valence-corrected chi connectivity index (χ2v) is 7.01. The van der Waals surface area contributed by atoms with Gasteiger partial charge < -0.3 is 14.2 Å². The molecule has 0 unspecified atom stereocenters. The molecule has 0 N–H and O–H groups in total. The van der Waals surface area contributed by atoms with Crippen molar-refractivity contribution in [3.8, 4) is 0 Å². The molecule has 116 valence electrons. The maximum absolute atomic E-state index is 12.7. The highest BCUT2D eigenvalue weighted by Gasteiger charge is 2.33. The third-order valence-electron chi connectivity index (χ3n) is 4.24. The first-order chi connectivity index (χ1) is 10.2. The second-order valence-electron chi connectivity index (χ2n) is 5.70. The summed E-state index contributed by atoms with van der Waals surface area (Å²) in [7, 11) is 1.66. The average Bonchev–Trinajstić information content (AvgIpc) is 3.08. The lowest BCUT2D eigenvalue weighted by molar-refractivity contribution is -0.132. The number of hydrogen-bond donors (Lipinski definition) is 0. The van der Waals surface area contributed by atoms with Crippen LogP contribution in [0.4, 0.5) is 0 Å². The summed E-state index contributed by atoms with van der Waals surface area (Å²) in [6, 6.07) is 0.180. The van der Waals surface area contributed by atoms with Crippen LogP contribution in [0.2, 0.25) is 0 Å². The molecule has 0 aromatic carbocycles. The van der Waals surface area contributed by atoms with E-state index in [0.717, 1.165) is 49.8 Å². The van der Waals surface area contributed by atoms with Crippen LogP contribution in [0, 0.1) is 0 Å². The number of thioether (sulfide) groups is 1. The van der Waals surface area contributed by atoms with Crippen LogP contribution in [-0.4, -0.2) is 56.3 Å². The van der Waals surface area contributed by atoms with Gasteiger partial charge in [-0.25, -0.2) is 0 Å². The Morgan fingerprint density at radius 2 is 2.29 bits per heavy atom. The van der Waals surface area contributed by atoms with Crippen molar-refractivity contribution in [2.75, 3.05) is 19.4 Å². The topological polar surface area (TPSA) is 60.3 Å². The van der Waals surface area contributed by atoms with Crippen LogP contribution < -0.4 is 0 Å². The lowest BCUT2D eigenvalue weighted by atomic mass is 10.1. The van der Waals surface area contributed by atoms with Crippen molar-refractivity contribution in [1.82, 2.24) is 19.7 Å². The van der Waals surface area contributed by atoms with Crippen molar-refractivity contribution in [2.24, 2.45) is 0 Å². The quantitative estimate of drug-likeness (QED) is 0.836. The zero-order valence-electron chi connectivity index (χ0n) is 12.6. The minimum absolute atomic E-state index is 0.162. The predicted molar refractivity (Wildman–Crippen MR) is 81.1 cm³/mol. The van der Waals surface area contributed by atoms with E-state index in [9.17, 15) is 4.79 Å². The van der Waals surface area contributed by atoms with Gasteiger partial charge in [-0.3, -0.25) is 4.79 Å². The van der Waals surface area contributed by atoms with Crippen molar-refractivity contribution in [3.63, 3.8) is 0 Å². The zero-order valence-corrected chi connectivity index (χ0v) is 13.4. The molecule has 3 heterocycles. The number of ether oxygens (including phenoxy) is 1. The van der Waals surface area contributed by atoms with Gasteiger partial charge in [0.15, 0.2) is 5.82 Å². The van der Waals surface area contributed by atoms with E-state index in [1.165, 1.54) is 0 Å². The number of fused-ring (bicyclic) bond motifs is 1. The monoisotopic (exact) mass is 310 g/mol. The van der Waals surface area contributed by atoms with Crippen LogP contribution in [0.3, 0.4) is 0 Å². The molecule has 2 aliphatic heterocycles. The summed E-state index contributed by atoms with van der Waals surface area (Å²) >= 11 is 1.80. The van der Waals surface area contributed by atoms with E-state index < -0.39 is 0 Å². The fourth-order valence-electron chi connectivity index (χ4n) is 3.10. The lowest BCUT2D eigenvalue weighted by Gasteiger charge is -2.29. The molecular formula is C14H22N4O2S. The van der Waals surface area contributed by atoms with Crippen molar-refractivity contribution in [2.45, 2.75) is 50.6 Å². The second kappa shape index (κ2) is 6.36. The van der Waals surface area contributed by atoms with Crippen LogP contribution in [0.5, 0.6) is 0 Å². The molecule has 3 rings (SSSR count). The molecule has 7 heteroatoms. The number of methoxy groups -OCH3 is 1. The van der Waals surface area contributed by atoms with Gasteiger partial charge in [0.25, 0.3) is 0 Å². The Balaban J connectivity index is 1.74. The van der Waals surface area contributed by atoms with E-state index in [-0.39, 0.29) is 11.3 Å². The standard InChI is InChI=1S/C14H22N4O2S/c1-10-8-12-15-16-13(9-20-2)18(12)6-5-17(10)14(19)11-4-3-7-21-11/h10-11H,3-9H2,1-2H3/t10-,11+/m0/s1. The average molecular weight is 310 g/mol. The van der Waals surface area contributed by atoms with Crippen molar-refractivity contribution in [1.29, 1.82) is 0 Å². The first kappa shape index (κ1) is 14.8. The smallest absolute Gasteiger partial charge is 0.236 e. The van der Waals surface area contributed by atoms with E-state index in [4.69, 9.17) is 4.74 Å². The number of carbonyl (C=O) groups is 1. The molecule has 1 saturated heterocycles. The fraction of sp³-hybridized carbons (Fsp3) is 0.786. The Bertz CT molecular complexity index is 513. The summed E-state index contributed by atoms with van der Waals surface area (Å²) in [4.78, 5) is 14.7. The summed E-state index contributed by atoms with van der Waals surface area (Å²) in [5, 5.41) is 8.62. The summed E-state index contributed by atoms with van der Waals surface area (Å²) < 4.78 is 7.27. The van der Waals surface area contributed by atoms with Crippen LogP contribution in [0.25, 0.3) is 0 Å². The van der Waals surface area contributed by atoms with E-state index in [0.29, 0.717) is 12.5 Å². The molecule has 2 aliphatic rings. The summed E-state index contributed by atoms with van der Waals surface area (Å²) in [5.41, 5.74) is 0. The van der Waals surface area contributed by atoms with Gasteiger partial charge >= 0.3 is 0 Å². The SMILES string of the molecule is COCc1nnc2n1CCN(C(=O)[C@H]1CCCS1)[C@@H](C)C2. The summed E-state index contributed by atoms with van der Waals surface area (Å²) in [6.07, 6.45) is 2.94. The largest absolute Gasteiger partial charge is 0.377 e. The maximum Gasteiger partial charge on any atom is 0.236 e. The molecule has 1 aromatic heterocycles. The maximum atomic E-state index is 12.7. The van der Waals surface area contributed by atoms with Gasteiger partial charge in [-0.05, 0) is 25.5 Å². The normalized spacial score (nSPS) is 25.7. The van der Waals surface area contributed by atoms with Gasteiger partial charge in [0.1, 0.15) is 12.4 Å². The van der Waals surface area contributed by atoms with E-state index >= 15 is 0 Å². The minimum Gasteiger partial charge on any atom is -0.377 e. The van der Waals surface area contributed by atoms with Gasteiger partial charge in [-0.2, -0.15) is 0 Å². The van der Waals surface area contributed by atoms with Gasteiger partial charge in [0.05, 0.1) is 5.25 Å². The Morgan fingerprint density at radius 3 is 3.00 bits per heavy atom. The van der Waals surface area contributed by atoms with E-state index in [2.05, 4.69) is 21.7 Å². The number of nitrogens with zero attached hydrogens (tertiary/aromatic N) is 4. The van der Waals surface area contributed by atoms with E-state index in [1.807, 2.05) is 4.90 Å². The Hall–Kier alpha value is -1.08. The molecule has 0 bridgehead atoms. The fourth-order valence-corrected chi connectivity index (χ4v) is 4.33. The van der Waals surface area contributed by atoms with Crippen LogP contribution in [0.1, 0.15) is 31.4 Å². The molecule has 0 aliphatic carbocycles. The first-order valence-corrected chi connectivity index (χ1v) is 8.57. The summed E-state index contributed by atoms with van der Waals surface area (Å²) in [5.74, 6) is 3.23. The predicted octanol–water partition coefficient (Wildman–Crippen LogP) is 1.09. The third kappa shape index (κ3) is 2.94. The molecule has 1 amide bonds. The number of aromatic nitrogens is 3. The van der Waals surface area contributed by atoms with Gasteiger partial charge in [-0.15, -0.1) is 22.0 Å². The third-order valence-corrected chi connectivity index (χ3v) is 5.60. The molecule has 0 spiro atoms. The van der Waals surface area contributed by atoms with Gasteiger partial charge in [-0.1, -0.05) is 0 Å². The van der Waals surface area contributed by atoms with Crippen molar-refractivity contribution < 1.29 is 9.53 Å². The van der Waals surface area contributed by atoms with Crippen LogP contribution in [0.15, 0.2) is 0 Å². The number of amides is 1. The molecule has 1 aromatic rings. The molecule has 2 atom stereocenters. The highest BCUT2D eigenvalue weighted by molar-refractivity contribution is 8.00. The Kier molecular flexibility index (Phi) is 4.49. The lowest BCUT2D eigenvalue weighted by Crippen LogP contribution is -2.44. The minimum atomic E-state index is 0.162. The zero-order chi connectivity index (χ0) is 14.8. The van der Waals surface area contributed by atoms with Gasteiger partial charge in [0, 0.05) is 32.7 Å². The van der Waals surface area contributed by atoms with Gasteiger partial charge in [0.2, 0.25) is 5.91 Å². The Labute approximate surface area is 129 Å². The number of carbonyl (C=O) groups excluding carboxylic acids is 1. The highest BCUT2D eigenvalue weighted by Crippen LogP contribution is 2.29. The van der Waals surface area contributed by atoms with Crippen molar-refractivity contribution in [3.05, 3.63) is 11.6 Å². The van der Waals surface area contributed by atoms with Crippen LogP contribution in [-0.2, 0) is 29.1 Å². The Morgan fingerprint density at radius 1 is 1.43 bits per heavy atom. The van der Waals surface area contributed by atoms with Crippen LogP contribution >= 0.6 is 11.8 Å².